The van der Waals surface area contributed by atoms with Gasteiger partial charge in [-0.15, -0.1) is 21.5 Å². The number of nitrogens with zero attached hydrogens (tertiary/aromatic N) is 4. The number of thioether (sulfide) groups is 1. The monoisotopic (exact) mass is 481 g/mol. The van der Waals surface area contributed by atoms with E-state index in [9.17, 15) is 10.1 Å². The molecule has 1 aromatic carbocycles. The van der Waals surface area contributed by atoms with E-state index in [4.69, 9.17) is 4.74 Å². The molecule has 0 atom stereocenters. The highest BCUT2D eigenvalue weighted by Crippen LogP contribution is 2.37. The Labute approximate surface area is 202 Å². The first-order valence-electron chi connectivity index (χ1n) is 11.1. The van der Waals surface area contributed by atoms with Crippen molar-refractivity contribution in [3.05, 3.63) is 51.2 Å². The van der Waals surface area contributed by atoms with Crippen LogP contribution in [0.4, 0.5) is 5.00 Å². The molecular weight excluding hydrogens is 454 g/mol. The summed E-state index contributed by atoms with van der Waals surface area (Å²) in [5.41, 5.74) is 4.16. The number of hydrogen-bond acceptors (Lipinski definition) is 7. The van der Waals surface area contributed by atoms with Gasteiger partial charge < -0.3 is 14.6 Å². The Kier molecular flexibility index (Phi) is 7.36. The first-order valence-corrected chi connectivity index (χ1v) is 12.9. The molecule has 172 valence electrons. The Morgan fingerprint density at radius 1 is 1.27 bits per heavy atom. The first-order chi connectivity index (χ1) is 16.0. The molecule has 0 saturated heterocycles. The number of nitriles is 1. The quantitative estimate of drug-likeness (QED) is 0.453. The number of carbonyl (C=O) groups is 1. The van der Waals surface area contributed by atoms with Crippen molar-refractivity contribution in [3.8, 4) is 11.8 Å². The van der Waals surface area contributed by atoms with E-state index >= 15 is 0 Å². The molecule has 0 fully saturated rings. The highest BCUT2D eigenvalue weighted by Gasteiger charge is 2.22. The molecule has 0 unspecified atom stereocenters. The van der Waals surface area contributed by atoms with Crippen molar-refractivity contribution >= 4 is 34.0 Å². The molecule has 1 amide bonds. The fraction of sp³-hybridized carbons (Fsp3) is 0.417. The van der Waals surface area contributed by atoms with E-state index in [1.165, 1.54) is 27.8 Å². The molecule has 3 aromatic rings. The molecule has 0 saturated carbocycles. The summed E-state index contributed by atoms with van der Waals surface area (Å²) >= 11 is 2.88. The second-order valence-corrected chi connectivity index (χ2v) is 10.1. The number of anilines is 1. The highest BCUT2D eigenvalue weighted by molar-refractivity contribution is 7.99. The van der Waals surface area contributed by atoms with Gasteiger partial charge in [-0.05, 0) is 75.3 Å². The number of nitrogens with one attached hydrogen (secondary N) is 1. The standard InChI is InChI=1S/C24H27N5O2S2/c1-4-29-21(13-31-17-10-9-15(2)16(3)11-17)27-28-24(29)32-14-22(30)26-23-19(12-25)18-7-5-6-8-20(18)33-23/h9-11H,4-8,13-14H2,1-3H3,(H,26,30). The third-order valence-electron chi connectivity index (χ3n) is 5.82. The summed E-state index contributed by atoms with van der Waals surface area (Å²) in [5.74, 6) is 1.57. The van der Waals surface area contributed by atoms with Crippen molar-refractivity contribution in [2.75, 3.05) is 11.1 Å². The number of aryl methyl sites for hydroxylation is 3. The van der Waals surface area contributed by atoms with E-state index < -0.39 is 0 Å². The average Bonchev–Trinajstić information content (AvgIpc) is 3.38. The number of fused-ring (bicyclic) bond motifs is 1. The molecule has 0 bridgehead atoms. The summed E-state index contributed by atoms with van der Waals surface area (Å²) in [6.45, 7) is 7.13. The summed E-state index contributed by atoms with van der Waals surface area (Å²) < 4.78 is 7.87. The summed E-state index contributed by atoms with van der Waals surface area (Å²) in [7, 11) is 0. The molecule has 1 N–H and O–H groups in total. The molecule has 9 heteroatoms. The molecular formula is C24H27N5O2S2. The lowest BCUT2D eigenvalue weighted by molar-refractivity contribution is -0.113. The fourth-order valence-corrected chi connectivity index (χ4v) is 5.94. The van der Waals surface area contributed by atoms with Crippen LogP contribution in [0.1, 0.15) is 52.7 Å². The normalized spacial score (nSPS) is 12.8. The van der Waals surface area contributed by atoms with E-state index in [2.05, 4.69) is 35.4 Å². The van der Waals surface area contributed by atoms with Gasteiger partial charge in [-0.2, -0.15) is 5.26 Å². The van der Waals surface area contributed by atoms with Crippen LogP contribution in [0.2, 0.25) is 0 Å². The SMILES string of the molecule is CCn1c(COc2ccc(C)c(C)c2)nnc1SCC(=O)Nc1sc2c(c1C#N)CCCC2. The Hall–Kier alpha value is -2.83. The summed E-state index contributed by atoms with van der Waals surface area (Å²) in [6, 6.07) is 8.29. The van der Waals surface area contributed by atoms with Gasteiger partial charge in [0.15, 0.2) is 11.0 Å². The zero-order valence-electron chi connectivity index (χ0n) is 19.1. The van der Waals surface area contributed by atoms with Crippen molar-refractivity contribution in [2.45, 2.75) is 64.8 Å². The van der Waals surface area contributed by atoms with Gasteiger partial charge >= 0.3 is 0 Å². The van der Waals surface area contributed by atoms with Gasteiger partial charge in [-0.25, -0.2) is 0 Å². The Morgan fingerprint density at radius 3 is 2.85 bits per heavy atom. The number of carbonyl (C=O) groups excluding carboxylic acids is 1. The Morgan fingerprint density at radius 2 is 2.09 bits per heavy atom. The third kappa shape index (κ3) is 5.23. The van der Waals surface area contributed by atoms with Crippen LogP contribution in [0.5, 0.6) is 5.75 Å². The maximum Gasteiger partial charge on any atom is 0.235 e. The second kappa shape index (κ2) is 10.4. The van der Waals surface area contributed by atoms with Crippen LogP contribution in [-0.2, 0) is 30.8 Å². The lowest BCUT2D eigenvalue weighted by atomic mass is 9.96. The van der Waals surface area contributed by atoms with Crippen LogP contribution in [0.15, 0.2) is 23.4 Å². The van der Waals surface area contributed by atoms with Crippen LogP contribution in [-0.4, -0.2) is 26.4 Å². The molecule has 2 aromatic heterocycles. The molecule has 1 aliphatic rings. The highest BCUT2D eigenvalue weighted by atomic mass is 32.2. The Bertz CT molecular complexity index is 1210. The van der Waals surface area contributed by atoms with Crippen molar-refractivity contribution in [2.24, 2.45) is 0 Å². The lowest BCUT2D eigenvalue weighted by Gasteiger charge is -2.10. The molecule has 0 spiro atoms. The van der Waals surface area contributed by atoms with Gasteiger partial charge in [0.1, 0.15) is 23.4 Å². The molecule has 2 heterocycles. The molecule has 0 radical (unpaired) electrons. The minimum atomic E-state index is -0.145. The van der Waals surface area contributed by atoms with Gasteiger partial charge in [0, 0.05) is 11.4 Å². The third-order valence-corrected chi connectivity index (χ3v) is 8.00. The molecule has 4 rings (SSSR count). The van der Waals surface area contributed by atoms with Crippen molar-refractivity contribution < 1.29 is 9.53 Å². The van der Waals surface area contributed by atoms with Gasteiger partial charge in [0.2, 0.25) is 5.91 Å². The van der Waals surface area contributed by atoms with E-state index in [0.717, 1.165) is 42.8 Å². The molecule has 7 nitrogen and oxygen atoms in total. The largest absolute Gasteiger partial charge is 0.486 e. The van der Waals surface area contributed by atoms with Crippen molar-refractivity contribution in [1.29, 1.82) is 5.26 Å². The van der Waals surface area contributed by atoms with E-state index in [0.29, 0.717) is 28.9 Å². The lowest BCUT2D eigenvalue weighted by Crippen LogP contribution is -2.15. The average molecular weight is 482 g/mol. The van der Waals surface area contributed by atoms with E-state index in [1.54, 1.807) is 11.3 Å². The van der Waals surface area contributed by atoms with Gasteiger partial charge in [0.05, 0.1) is 11.3 Å². The maximum atomic E-state index is 12.6. The molecule has 1 aliphatic carbocycles. The van der Waals surface area contributed by atoms with Gasteiger partial charge in [0.25, 0.3) is 0 Å². The second-order valence-electron chi connectivity index (χ2n) is 8.04. The van der Waals surface area contributed by atoms with Crippen LogP contribution < -0.4 is 10.1 Å². The number of thiophene rings is 1. The van der Waals surface area contributed by atoms with E-state index in [-0.39, 0.29) is 11.7 Å². The fourth-order valence-electron chi connectivity index (χ4n) is 3.87. The number of benzene rings is 1. The van der Waals surface area contributed by atoms with Crippen LogP contribution in [0, 0.1) is 25.2 Å². The predicted molar refractivity (Wildman–Crippen MR) is 131 cm³/mol. The maximum absolute atomic E-state index is 12.6. The summed E-state index contributed by atoms with van der Waals surface area (Å²) in [6.07, 6.45) is 4.16. The topological polar surface area (TPSA) is 92.8 Å². The van der Waals surface area contributed by atoms with Crippen molar-refractivity contribution in [3.63, 3.8) is 0 Å². The minimum absolute atomic E-state index is 0.145. The number of aromatic nitrogens is 3. The first kappa shape index (κ1) is 23.3. The predicted octanol–water partition coefficient (Wildman–Crippen LogP) is 5.04. The van der Waals surface area contributed by atoms with E-state index in [1.807, 2.05) is 29.7 Å². The number of amides is 1. The summed E-state index contributed by atoms with van der Waals surface area (Å²) in [5, 5.41) is 22.4. The molecule has 0 aliphatic heterocycles. The number of ether oxygens (including phenoxy) is 1. The zero-order chi connectivity index (χ0) is 23.4. The Balaban J connectivity index is 1.37. The van der Waals surface area contributed by atoms with Crippen LogP contribution in [0.3, 0.4) is 0 Å². The molecule has 33 heavy (non-hydrogen) atoms. The van der Waals surface area contributed by atoms with Crippen LogP contribution >= 0.6 is 23.1 Å². The van der Waals surface area contributed by atoms with Gasteiger partial charge in [-0.3, -0.25) is 4.79 Å². The van der Waals surface area contributed by atoms with Crippen LogP contribution in [0.25, 0.3) is 0 Å². The smallest absolute Gasteiger partial charge is 0.235 e. The van der Waals surface area contributed by atoms with Crippen molar-refractivity contribution in [1.82, 2.24) is 14.8 Å². The summed E-state index contributed by atoms with van der Waals surface area (Å²) in [4.78, 5) is 13.9. The zero-order valence-corrected chi connectivity index (χ0v) is 20.7. The number of rotatable bonds is 8. The van der Waals surface area contributed by atoms with Gasteiger partial charge in [-0.1, -0.05) is 17.8 Å². The number of hydrogen-bond donors (Lipinski definition) is 1. The minimum Gasteiger partial charge on any atom is -0.486 e.